The second kappa shape index (κ2) is 10.0. The van der Waals surface area contributed by atoms with Crippen molar-refractivity contribution in [3.63, 3.8) is 0 Å². The zero-order chi connectivity index (χ0) is 20.5. The van der Waals surface area contributed by atoms with Crippen molar-refractivity contribution < 1.29 is 33.3 Å². The minimum Gasteiger partial charge on any atom is -0.493 e. The van der Waals surface area contributed by atoms with Gasteiger partial charge >= 0.3 is 11.9 Å². The van der Waals surface area contributed by atoms with Crippen LogP contribution in [0.1, 0.15) is 11.1 Å². The number of benzene rings is 2. The Morgan fingerprint density at radius 3 is 2.00 bits per heavy atom. The molecule has 0 saturated heterocycles. The summed E-state index contributed by atoms with van der Waals surface area (Å²) in [5, 5.41) is 0. The van der Waals surface area contributed by atoms with Crippen molar-refractivity contribution in [2.24, 2.45) is 0 Å². The van der Waals surface area contributed by atoms with E-state index in [0.717, 1.165) is 5.56 Å². The lowest BCUT2D eigenvalue weighted by Crippen LogP contribution is -2.05. The van der Waals surface area contributed by atoms with E-state index >= 15 is 0 Å². The molecule has 0 spiro atoms. The van der Waals surface area contributed by atoms with Gasteiger partial charge in [-0.15, -0.1) is 0 Å². The molecule has 0 atom stereocenters. The van der Waals surface area contributed by atoms with Crippen LogP contribution in [-0.4, -0.2) is 40.4 Å². The van der Waals surface area contributed by atoms with Crippen LogP contribution in [0.25, 0.3) is 6.08 Å². The molecule has 0 N–H and O–H groups in total. The summed E-state index contributed by atoms with van der Waals surface area (Å²) in [7, 11) is 5.88. The van der Waals surface area contributed by atoms with Gasteiger partial charge in [0.25, 0.3) is 0 Å². The fourth-order valence-electron chi connectivity index (χ4n) is 2.43. The predicted molar refractivity (Wildman–Crippen MR) is 103 cm³/mol. The second-order valence-corrected chi connectivity index (χ2v) is 5.61. The number of carbonyl (C=O) groups is 2. The Hall–Kier alpha value is -3.48. The van der Waals surface area contributed by atoms with Gasteiger partial charge in [0.15, 0.2) is 11.5 Å². The topological polar surface area (TPSA) is 80.3 Å². The van der Waals surface area contributed by atoms with Crippen molar-refractivity contribution in [2.75, 3.05) is 28.4 Å². The van der Waals surface area contributed by atoms with Crippen LogP contribution in [-0.2, 0) is 20.7 Å². The van der Waals surface area contributed by atoms with Gasteiger partial charge in [0.2, 0.25) is 5.75 Å². The number of carbonyl (C=O) groups excluding carboxylic acids is 2. The third kappa shape index (κ3) is 5.51. The zero-order valence-corrected chi connectivity index (χ0v) is 16.2. The maximum atomic E-state index is 12.1. The average molecular weight is 386 g/mol. The molecule has 0 saturated carbocycles. The molecule has 0 heterocycles. The van der Waals surface area contributed by atoms with E-state index in [1.54, 1.807) is 42.5 Å². The van der Waals surface area contributed by atoms with E-state index in [2.05, 4.69) is 4.74 Å². The molecule has 0 aliphatic carbocycles. The Morgan fingerprint density at radius 2 is 1.50 bits per heavy atom. The summed E-state index contributed by atoms with van der Waals surface area (Å²) in [6.45, 7) is 0. The molecule has 0 fully saturated rings. The second-order valence-electron chi connectivity index (χ2n) is 5.61. The van der Waals surface area contributed by atoms with Gasteiger partial charge in [0.1, 0.15) is 5.75 Å². The molecule has 0 amide bonds. The fourth-order valence-corrected chi connectivity index (χ4v) is 2.43. The first-order chi connectivity index (χ1) is 13.5. The lowest BCUT2D eigenvalue weighted by atomic mass is 10.1. The van der Waals surface area contributed by atoms with Crippen molar-refractivity contribution in [1.82, 2.24) is 0 Å². The molecule has 7 heteroatoms. The summed E-state index contributed by atoms with van der Waals surface area (Å²) in [6, 6.07) is 10.1. The van der Waals surface area contributed by atoms with Crippen molar-refractivity contribution >= 4 is 18.0 Å². The normalized spacial score (nSPS) is 10.4. The maximum absolute atomic E-state index is 12.1. The number of hydrogen-bond donors (Lipinski definition) is 0. The van der Waals surface area contributed by atoms with Crippen LogP contribution in [0.3, 0.4) is 0 Å². The highest BCUT2D eigenvalue weighted by molar-refractivity contribution is 5.89. The number of rotatable bonds is 8. The van der Waals surface area contributed by atoms with Gasteiger partial charge in [-0.05, 0) is 41.5 Å². The zero-order valence-electron chi connectivity index (χ0n) is 16.2. The van der Waals surface area contributed by atoms with E-state index in [1.165, 1.54) is 34.5 Å². The van der Waals surface area contributed by atoms with Crippen molar-refractivity contribution in [2.45, 2.75) is 6.42 Å². The van der Waals surface area contributed by atoms with Crippen LogP contribution in [0.15, 0.2) is 42.5 Å². The molecule has 2 rings (SSSR count). The third-order valence-corrected chi connectivity index (χ3v) is 3.82. The van der Waals surface area contributed by atoms with E-state index in [1.807, 2.05) is 0 Å². The van der Waals surface area contributed by atoms with E-state index in [4.69, 9.17) is 18.9 Å². The SMILES string of the molecule is COC(=O)Cc1ccc(OC(=O)/C=C/c2cc(OC)c(OC)c(OC)c2)cc1. The molecular weight excluding hydrogens is 364 g/mol. The summed E-state index contributed by atoms with van der Waals surface area (Å²) in [4.78, 5) is 23.3. The van der Waals surface area contributed by atoms with E-state index in [-0.39, 0.29) is 12.4 Å². The van der Waals surface area contributed by atoms with Gasteiger partial charge in [-0.2, -0.15) is 0 Å². The summed E-state index contributed by atoms with van der Waals surface area (Å²) < 4.78 is 25.7. The lowest BCUT2D eigenvalue weighted by Gasteiger charge is -2.12. The summed E-state index contributed by atoms with van der Waals surface area (Å²) in [5.41, 5.74) is 1.44. The summed E-state index contributed by atoms with van der Waals surface area (Å²) in [6.07, 6.45) is 3.03. The third-order valence-electron chi connectivity index (χ3n) is 3.82. The molecule has 148 valence electrons. The van der Waals surface area contributed by atoms with Crippen LogP contribution in [0.2, 0.25) is 0 Å². The smallest absolute Gasteiger partial charge is 0.336 e. The lowest BCUT2D eigenvalue weighted by molar-refractivity contribution is -0.139. The monoisotopic (exact) mass is 386 g/mol. The van der Waals surface area contributed by atoms with Crippen LogP contribution < -0.4 is 18.9 Å². The average Bonchev–Trinajstić information content (AvgIpc) is 2.72. The van der Waals surface area contributed by atoms with Crippen molar-refractivity contribution in [1.29, 1.82) is 0 Å². The molecule has 0 unspecified atom stereocenters. The van der Waals surface area contributed by atoms with Gasteiger partial charge in [-0.25, -0.2) is 4.79 Å². The van der Waals surface area contributed by atoms with Crippen LogP contribution >= 0.6 is 0 Å². The van der Waals surface area contributed by atoms with Gasteiger partial charge in [-0.1, -0.05) is 12.1 Å². The molecular formula is C21H22O7. The first kappa shape index (κ1) is 20.8. The highest BCUT2D eigenvalue weighted by Crippen LogP contribution is 2.38. The predicted octanol–water partition coefficient (Wildman–Crippen LogP) is 3.05. The number of ether oxygens (including phenoxy) is 5. The van der Waals surface area contributed by atoms with Gasteiger partial charge in [-0.3, -0.25) is 4.79 Å². The van der Waals surface area contributed by atoms with Crippen molar-refractivity contribution in [3.05, 3.63) is 53.6 Å². The van der Waals surface area contributed by atoms with Gasteiger partial charge < -0.3 is 23.7 Å². The minimum absolute atomic E-state index is 0.158. The largest absolute Gasteiger partial charge is 0.493 e. The molecule has 28 heavy (non-hydrogen) atoms. The molecule has 0 aliphatic rings. The molecule has 0 aromatic heterocycles. The first-order valence-corrected chi connectivity index (χ1v) is 8.36. The summed E-state index contributed by atoms with van der Waals surface area (Å²) >= 11 is 0. The highest BCUT2D eigenvalue weighted by Gasteiger charge is 2.12. The molecule has 2 aromatic rings. The minimum atomic E-state index is -0.547. The molecule has 0 bridgehead atoms. The highest BCUT2D eigenvalue weighted by atomic mass is 16.5. The molecule has 7 nitrogen and oxygen atoms in total. The van der Waals surface area contributed by atoms with Crippen molar-refractivity contribution in [3.8, 4) is 23.0 Å². The van der Waals surface area contributed by atoms with Crippen LogP contribution in [0.4, 0.5) is 0 Å². The van der Waals surface area contributed by atoms with E-state index in [9.17, 15) is 9.59 Å². The Kier molecular flexibility index (Phi) is 7.45. The molecule has 0 radical (unpaired) electrons. The Morgan fingerprint density at radius 1 is 0.893 bits per heavy atom. The quantitative estimate of drug-likeness (QED) is 0.392. The Labute approximate surface area is 163 Å². The fraction of sp³-hybridized carbons (Fsp3) is 0.238. The first-order valence-electron chi connectivity index (χ1n) is 8.36. The van der Waals surface area contributed by atoms with Gasteiger partial charge in [0.05, 0.1) is 34.9 Å². The maximum Gasteiger partial charge on any atom is 0.336 e. The summed E-state index contributed by atoms with van der Waals surface area (Å²) in [5.74, 6) is 0.921. The van der Waals surface area contributed by atoms with Crippen LogP contribution in [0.5, 0.6) is 23.0 Å². The van der Waals surface area contributed by atoms with E-state index < -0.39 is 5.97 Å². The van der Waals surface area contributed by atoms with E-state index in [0.29, 0.717) is 28.6 Å². The molecule has 0 aliphatic heterocycles. The Bertz CT molecular complexity index is 829. The van der Waals surface area contributed by atoms with Gasteiger partial charge in [0, 0.05) is 6.08 Å². The number of esters is 2. The number of hydrogen-bond acceptors (Lipinski definition) is 7. The van der Waals surface area contributed by atoms with Crippen LogP contribution in [0, 0.1) is 0 Å². The Balaban J connectivity index is 2.06. The number of methoxy groups -OCH3 is 4. The standard InChI is InChI=1S/C21H22O7/c1-24-17-11-15(12-18(25-2)21(17)27-4)7-10-19(22)28-16-8-5-14(6-9-16)13-20(23)26-3/h5-12H,13H2,1-4H3/b10-7+. The molecule has 2 aromatic carbocycles.